The molecule has 3 aromatic carbocycles. The molecule has 0 atom stereocenters. The van der Waals surface area contributed by atoms with Crippen molar-refractivity contribution in [2.24, 2.45) is 0 Å². The van der Waals surface area contributed by atoms with E-state index in [2.05, 4.69) is 75.9 Å². The lowest BCUT2D eigenvalue weighted by Crippen LogP contribution is -2.18. The topological polar surface area (TPSA) is 28.2 Å². The quantitative estimate of drug-likeness (QED) is 0.216. The second kappa shape index (κ2) is 12.3. The van der Waals surface area contributed by atoms with Crippen LogP contribution in [-0.4, -0.2) is 18.1 Å². The summed E-state index contributed by atoms with van der Waals surface area (Å²) in [5.41, 5.74) is 4.60. The monoisotopic (exact) mass is 457 g/mol. The summed E-state index contributed by atoms with van der Waals surface area (Å²) in [5, 5.41) is 5.42. The largest absolute Gasteiger partial charge is 0.384 e. The van der Waals surface area contributed by atoms with Crippen LogP contribution in [0.1, 0.15) is 38.5 Å². The van der Waals surface area contributed by atoms with Crippen LogP contribution >= 0.6 is 11.6 Å². The molecule has 1 aromatic heterocycles. The molecule has 1 heterocycles. The van der Waals surface area contributed by atoms with E-state index in [1.165, 1.54) is 49.9 Å². The third kappa shape index (κ3) is 6.72. The number of aromatic nitrogens is 1. The van der Waals surface area contributed by atoms with Crippen LogP contribution in [0.25, 0.3) is 10.9 Å². The Labute approximate surface area is 202 Å². The van der Waals surface area contributed by atoms with Crippen LogP contribution in [-0.2, 0) is 0 Å². The molecular weight excluding hydrogens is 426 g/mol. The number of halogens is 1. The lowest BCUT2D eigenvalue weighted by molar-refractivity contribution is 0.603. The van der Waals surface area contributed by atoms with Gasteiger partial charge >= 0.3 is 0 Å². The Kier molecular flexibility index (Phi) is 8.60. The zero-order valence-electron chi connectivity index (χ0n) is 19.1. The van der Waals surface area contributed by atoms with Gasteiger partial charge < -0.3 is 10.2 Å². The van der Waals surface area contributed by atoms with E-state index in [4.69, 9.17) is 11.6 Å². The van der Waals surface area contributed by atoms with Gasteiger partial charge in [0.25, 0.3) is 0 Å². The van der Waals surface area contributed by atoms with Gasteiger partial charge in [-0.2, -0.15) is 0 Å². The van der Waals surface area contributed by atoms with E-state index in [9.17, 15) is 0 Å². The van der Waals surface area contributed by atoms with Crippen molar-refractivity contribution in [2.75, 3.05) is 23.3 Å². The fourth-order valence-electron chi connectivity index (χ4n) is 4.22. The van der Waals surface area contributed by atoms with Crippen LogP contribution in [0.2, 0.25) is 5.02 Å². The van der Waals surface area contributed by atoms with Crippen molar-refractivity contribution in [1.82, 2.24) is 4.98 Å². The van der Waals surface area contributed by atoms with E-state index < -0.39 is 0 Å². The first-order valence-electron chi connectivity index (χ1n) is 12.0. The molecule has 0 amide bonds. The minimum Gasteiger partial charge on any atom is -0.384 e. The fraction of sp³-hybridized carbons (Fsp3) is 0.276. The molecule has 33 heavy (non-hydrogen) atoms. The summed E-state index contributed by atoms with van der Waals surface area (Å²) in [6, 6.07) is 29.3. The van der Waals surface area contributed by atoms with Gasteiger partial charge in [0.05, 0.1) is 5.52 Å². The first kappa shape index (κ1) is 23.1. The van der Waals surface area contributed by atoms with E-state index in [1.807, 2.05) is 30.5 Å². The van der Waals surface area contributed by atoms with Crippen LogP contribution in [0.5, 0.6) is 0 Å². The third-order valence-electron chi connectivity index (χ3n) is 5.96. The maximum Gasteiger partial charge on any atom is 0.0737 e. The van der Waals surface area contributed by atoms with Gasteiger partial charge in [-0.25, -0.2) is 0 Å². The summed E-state index contributed by atoms with van der Waals surface area (Å²) < 4.78 is 0. The maximum absolute atomic E-state index is 6.09. The molecule has 3 nitrogen and oxygen atoms in total. The average Bonchev–Trinajstić information content (AvgIpc) is 2.86. The van der Waals surface area contributed by atoms with Gasteiger partial charge in [0, 0.05) is 46.8 Å². The van der Waals surface area contributed by atoms with E-state index in [0.717, 1.165) is 34.7 Å². The lowest BCUT2D eigenvalue weighted by atomic mass is 10.1. The molecule has 1 N–H and O–H groups in total. The predicted octanol–water partition coefficient (Wildman–Crippen LogP) is 8.48. The molecule has 0 aliphatic rings. The highest BCUT2D eigenvalue weighted by atomic mass is 35.5. The number of hydrogen-bond donors (Lipinski definition) is 1. The van der Waals surface area contributed by atoms with Crippen molar-refractivity contribution in [3.63, 3.8) is 0 Å². The van der Waals surface area contributed by atoms with Crippen molar-refractivity contribution >= 4 is 39.6 Å². The zero-order chi connectivity index (χ0) is 22.7. The minimum absolute atomic E-state index is 0.725. The van der Waals surface area contributed by atoms with Gasteiger partial charge in [-0.1, -0.05) is 73.7 Å². The van der Waals surface area contributed by atoms with Crippen LogP contribution in [0.15, 0.2) is 91.1 Å². The molecule has 0 bridgehead atoms. The number of para-hydroxylation sites is 2. The molecule has 0 saturated heterocycles. The Morgan fingerprint density at radius 3 is 2.03 bits per heavy atom. The van der Waals surface area contributed by atoms with Crippen LogP contribution in [0.3, 0.4) is 0 Å². The molecule has 0 radical (unpaired) electrons. The van der Waals surface area contributed by atoms with Gasteiger partial charge in [0.15, 0.2) is 0 Å². The smallest absolute Gasteiger partial charge is 0.0737 e. The van der Waals surface area contributed by atoms with E-state index in [-0.39, 0.29) is 0 Å². The summed E-state index contributed by atoms with van der Waals surface area (Å²) in [7, 11) is 0. The number of anilines is 3. The standard InChI is InChI=1S/C29H32ClN3/c30-24-17-18-27-28(19-21-32-29(27)23-24)31-20-11-3-1-2-4-12-22-33(25-13-7-5-8-14-25)26-15-9-6-10-16-26/h5-10,13-19,21,23H,1-4,11-12,20,22H2,(H,31,32). The zero-order valence-corrected chi connectivity index (χ0v) is 19.8. The summed E-state index contributed by atoms with van der Waals surface area (Å²) in [5.74, 6) is 0. The number of pyridine rings is 1. The van der Waals surface area contributed by atoms with Gasteiger partial charge in [-0.05, 0) is 61.4 Å². The SMILES string of the molecule is Clc1ccc2c(NCCCCCCCCN(c3ccccc3)c3ccccc3)ccnc2c1. The first-order valence-corrected chi connectivity index (χ1v) is 12.3. The molecule has 0 saturated carbocycles. The van der Waals surface area contributed by atoms with Gasteiger partial charge in [0.2, 0.25) is 0 Å². The number of rotatable bonds is 12. The van der Waals surface area contributed by atoms with Crippen molar-refractivity contribution in [2.45, 2.75) is 38.5 Å². The number of fused-ring (bicyclic) bond motifs is 1. The Hall–Kier alpha value is -3.04. The van der Waals surface area contributed by atoms with E-state index >= 15 is 0 Å². The number of nitrogens with one attached hydrogen (secondary N) is 1. The number of nitrogens with zero attached hydrogens (tertiary/aromatic N) is 2. The fourth-order valence-corrected chi connectivity index (χ4v) is 4.39. The number of unbranched alkanes of at least 4 members (excludes halogenated alkanes) is 5. The summed E-state index contributed by atoms with van der Waals surface area (Å²) >= 11 is 6.09. The Balaban J connectivity index is 1.15. The molecule has 4 heteroatoms. The number of hydrogen-bond acceptors (Lipinski definition) is 3. The Morgan fingerprint density at radius 1 is 0.697 bits per heavy atom. The second-order valence-corrected chi connectivity index (χ2v) is 8.83. The third-order valence-corrected chi connectivity index (χ3v) is 6.20. The molecule has 0 aliphatic heterocycles. The van der Waals surface area contributed by atoms with Gasteiger partial charge in [-0.15, -0.1) is 0 Å². The molecule has 4 aromatic rings. The summed E-state index contributed by atoms with van der Waals surface area (Å²) in [6.45, 7) is 2.03. The van der Waals surface area contributed by atoms with Crippen molar-refractivity contribution in [3.05, 3.63) is 96.1 Å². The van der Waals surface area contributed by atoms with Crippen LogP contribution < -0.4 is 10.2 Å². The molecule has 0 spiro atoms. The normalized spacial score (nSPS) is 10.9. The van der Waals surface area contributed by atoms with Crippen molar-refractivity contribution in [3.8, 4) is 0 Å². The van der Waals surface area contributed by atoms with Crippen molar-refractivity contribution < 1.29 is 0 Å². The highest BCUT2D eigenvalue weighted by Gasteiger charge is 2.08. The Morgan fingerprint density at radius 2 is 1.33 bits per heavy atom. The molecule has 4 rings (SSSR count). The highest BCUT2D eigenvalue weighted by molar-refractivity contribution is 6.31. The maximum atomic E-state index is 6.09. The summed E-state index contributed by atoms with van der Waals surface area (Å²) in [6.07, 6.45) is 9.31. The van der Waals surface area contributed by atoms with Crippen LogP contribution in [0, 0.1) is 0 Å². The first-order chi connectivity index (χ1) is 16.3. The molecular formula is C29H32ClN3. The van der Waals surface area contributed by atoms with Gasteiger partial charge in [0.1, 0.15) is 0 Å². The predicted molar refractivity (Wildman–Crippen MR) is 143 cm³/mol. The molecule has 0 aliphatic carbocycles. The Bertz CT molecular complexity index is 1080. The van der Waals surface area contributed by atoms with Crippen LogP contribution in [0.4, 0.5) is 17.1 Å². The molecule has 0 fully saturated rings. The van der Waals surface area contributed by atoms with E-state index in [1.54, 1.807) is 0 Å². The minimum atomic E-state index is 0.725. The van der Waals surface area contributed by atoms with E-state index in [0.29, 0.717) is 0 Å². The van der Waals surface area contributed by atoms with Crippen molar-refractivity contribution in [1.29, 1.82) is 0 Å². The highest BCUT2D eigenvalue weighted by Crippen LogP contribution is 2.26. The second-order valence-electron chi connectivity index (χ2n) is 8.39. The molecule has 170 valence electrons. The molecule has 0 unspecified atom stereocenters. The summed E-state index contributed by atoms with van der Waals surface area (Å²) in [4.78, 5) is 6.84. The van der Waals surface area contributed by atoms with Gasteiger partial charge in [-0.3, -0.25) is 4.98 Å². The lowest BCUT2D eigenvalue weighted by Gasteiger charge is -2.25. The average molecular weight is 458 g/mol. The number of benzene rings is 3.